The first-order valence-corrected chi connectivity index (χ1v) is 9.47. The number of carbonyl (C=O) groups is 1. The summed E-state index contributed by atoms with van der Waals surface area (Å²) < 4.78 is 0. The minimum atomic E-state index is 0.000254. The zero-order chi connectivity index (χ0) is 18.4. The molecule has 5 heteroatoms. The van der Waals surface area contributed by atoms with Gasteiger partial charge in [0, 0.05) is 43.7 Å². The third-order valence-electron chi connectivity index (χ3n) is 6.31. The number of piperidine rings is 1. The van der Waals surface area contributed by atoms with Gasteiger partial charge in [-0.2, -0.15) is 0 Å². The van der Waals surface area contributed by atoms with E-state index in [-0.39, 0.29) is 11.5 Å². The Morgan fingerprint density at radius 3 is 2.77 bits per heavy atom. The molecular weight excluding hydrogens is 326 g/mol. The molecule has 2 aliphatic rings. The van der Waals surface area contributed by atoms with Crippen LogP contribution >= 0.6 is 0 Å². The molecule has 2 aromatic rings. The van der Waals surface area contributed by atoms with Crippen LogP contribution in [0, 0.1) is 18.8 Å². The molecule has 1 N–H and O–H groups in total. The monoisotopic (exact) mass is 353 g/mol. The summed E-state index contributed by atoms with van der Waals surface area (Å²) in [5, 5.41) is 1.07. The molecule has 2 heterocycles. The van der Waals surface area contributed by atoms with Crippen molar-refractivity contribution in [3.05, 3.63) is 45.7 Å². The van der Waals surface area contributed by atoms with Crippen molar-refractivity contribution in [1.82, 2.24) is 14.8 Å². The lowest BCUT2D eigenvalue weighted by molar-refractivity contribution is -0.134. The Balaban J connectivity index is 1.50. The van der Waals surface area contributed by atoms with Crippen molar-refractivity contribution in [1.29, 1.82) is 0 Å². The maximum absolute atomic E-state index is 12.5. The number of nitrogens with zero attached hydrogens (tertiary/aromatic N) is 2. The number of rotatable bonds is 3. The van der Waals surface area contributed by atoms with Gasteiger partial charge in [0.1, 0.15) is 0 Å². The largest absolute Gasteiger partial charge is 0.345 e. The highest BCUT2D eigenvalue weighted by Gasteiger charge is 2.41. The number of hydrogen-bond donors (Lipinski definition) is 1. The van der Waals surface area contributed by atoms with E-state index in [1.165, 1.54) is 0 Å². The van der Waals surface area contributed by atoms with E-state index >= 15 is 0 Å². The SMILES string of the molecule is Cc1ccc2cc(CN(C)[C@H]3C[C@H]4CC(=O)N(C)C[C@H]4C3)c(=O)[nH]c2c1. The van der Waals surface area contributed by atoms with E-state index in [0.29, 0.717) is 30.8 Å². The van der Waals surface area contributed by atoms with Gasteiger partial charge in [-0.05, 0) is 61.7 Å². The van der Waals surface area contributed by atoms with Crippen LogP contribution in [0.15, 0.2) is 29.1 Å². The molecule has 0 bridgehead atoms. The maximum Gasteiger partial charge on any atom is 0.252 e. The van der Waals surface area contributed by atoms with Crippen LogP contribution in [0.5, 0.6) is 0 Å². The minimum absolute atomic E-state index is 0.000254. The number of carbonyl (C=O) groups excluding carboxylic acids is 1. The van der Waals surface area contributed by atoms with Crippen molar-refractivity contribution in [2.75, 3.05) is 20.6 Å². The lowest BCUT2D eigenvalue weighted by Gasteiger charge is -2.31. The third kappa shape index (κ3) is 3.16. The van der Waals surface area contributed by atoms with Crippen molar-refractivity contribution in [3.63, 3.8) is 0 Å². The standard InChI is InChI=1S/C21H27N3O2/c1-13-4-5-14-7-17(21(26)22-19(14)6-13)12-23(2)18-8-15-10-20(25)24(3)11-16(15)9-18/h4-7,15-16,18H,8-12H2,1-3H3,(H,22,26)/t15-,16+,18-/m0/s1. The third-order valence-corrected chi connectivity index (χ3v) is 6.31. The van der Waals surface area contributed by atoms with Crippen LogP contribution < -0.4 is 5.56 Å². The Kier molecular flexibility index (Phi) is 4.35. The average Bonchev–Trinajstić information content (AvgIpc) is 2.99. The fourth-order valence-corrected chi connectivity index (χ4v) is 4.72. The van der Waals surface area contributed by atoms with E-state index in [9.17, 15) is 9.59 Å². The number of likely N-dealkylation sites (tertiary alicyclic amines) is 1. The van der Waals surface area contributed by atoms with Gasteiger partial charge in [-0.3, -0.25) is 14.5 Å². The number of aryl methyl sites for hydroxylation is 1. The van der Waals surface area contributed by atoms with E-state index in [1.54, 1.807) is 0 Å². The van der Waals surface area contributed by atoms with E-state index in [2.05, 4.69) is 29.1 Å². The molecule has 0 unspecified atom stereocenters. The number of hydrogen-bond acceptors (Lipinski definition) is 3. The maximum atomic E-state index is 12.5. The molecule has 5 nitrogen and oxygen atoms in total. The molecule has 3 atom stereocenters. The molecule has 1 aliphatic carbocycles. The van der Waals surface area contributed by atoms with Gasteiger partial charge >= 0.3 is 0 Å². The Morgan fingerprint density at radius 1 is 1.19 bits per heavy atom. The molecule has 26 heavy (non-hydrogen) atoms. The quantitative estimate of drug-likeness (QED) is 0.922. The Labute approximate surface area is 154 Å². The van der Waals surface area contributed by atoms with Gasteiger partial charge in [0.2, 0.25) is 5.91 Å². The van der Waals surface area contributed by atoms with Gasteiger partial charge in [0.25, 0.3) is 5.56 Å². The molecule has 1 aliphatic heterocycles. The highest BCUT2D eigenvalue weighted by molar-refractivity contribution is 5.79. The zero-order valence-corrected chi connectivity index (χ0v) is 15.8. The molecule has 0 spiro atoms. The first-order valence-electron chi connectivity index (χ1n) is 9.47. The summed E-state index contributed by atoms with van der Waals surface area (Å²) >= 11 is 0. The molecule has 1 amide bonds. The number of aromatic amines is 1. The number of nitrogens with one attached hydrogen (secondary N) is 1. The van der Waals surface area contributed by atoms with Crippen molar-refractivity contribution in [2.45, 2.75) is 38.8 Å². The van der Waals surface area contributed by atoms with Crippen molar-refractivity contribution in [2.24, 2.45) is 11.8 Å². The van der Waals surface area contributed by atoms with Crippen LogP contribution in [-0.4, -0.2) is 47.4 Å². The number of amides is 1. The molecule has 1 saturated carbocycles. The topological polar surface area (TPSA) is 56.4 Å². The summed E-state index contributed by atoms with van der Waals surface area (Å²) in [7, 11) is 4.01. The highest BCUT2D eigenvalue weighted by atomic mass is 16.2. The fourth-order valence-electron chi connectivity index (χ4n) is 4.72. The summed E-state index contributed by atoms with van der Waals surface area (Å²) in [4.78, 5) is 31.7. The predicted octanol–water partition coefficient (Wildman–Crippen LogP) is 2.53. The zero-order valence-electron chi connectivity index (χ0n) is 15.8. The molecule has 2 fully saturated rings. The molecule has 1 saturated heterocycles. The van der Waals surface area contributed by atoms with Crippen molar-refractivity contribution in [3.8, 4) is 0 Å². The predicted molar refractivity (Wildman–Crippen MR) is 103 cm³/mol. The first kappa shape index (κ1) is 17.3. The number of fused-ring (bicyclic) bond motifs is 2. The van der Waals surface area contributed by atoms with E-state index < -0.39 is 0 Å². The molecular formula is C21H27N3O2. The Hall–Kier alpha value is -2.14. The lowest BCUT2D eigenvalue weighted by Crippen LogP contribution is -2.39. The van der Waals surface area contributed by atoms with Crippen LogP contribution in [-0.2, 0) is 11.3 Å². The van der Waals surface area contributed by atoms with Gasteiger partial charge in [0.05, 0.1) is 0 Å². The number of benzene rings is 1. The van der Waals surface area contributed by atoms with Gasteiger partial charge in [-0.1, -0.05) is 12.1 Å². The second-order valence-corrected chi connectivity index (χ2v) is 8.25. The molecule has 1 aromatic heterocycles. The van der Waals surface area contributed by atoms with Gasteiger partial charge in [-0.25, -0.2) is 0 Å². The number of H-pyrrole nitrogens is 1. The van der Waals surface area contributed by atoms with Gasteiger partial charge in [-0.15, -0.1) is 0 Å². The second-order valence-electron chi connectivity index (χ2n) is 8.25. The summed E-state index contributed by atoms with van der Waals surface area (Å²) in [6, 6.07) is 8.61. The molecule has 138 valence electrons. The number of pyridine rings is 1. The van der Waals surface area contributed by atoms with E-state index in [1.807, 2.05) is 31.0 Å². The Morgan fingerprint density at radius 2 is 1.96 bits per heavy atom. The summed E-state index contributed by atoms with van der Waals surface area (Å²) in [5.74, 6) is 1.38. The Bertz CT molecular complexity index is 904. The normalized spacial score (nSPS) is 25.9. The summed E-state index contributed by atoms with van der Waals surface area (Å²) in [6.07, 6.45) is 2.86. The first-order chi connectivity index (χ1) is 12.4. The van der Waals surface area contributed by atoms with Crippen molar-refractivity contribution >= 4 is 16.8 Å². The molecule has 0 radical (unpaired) electrons. The second kappa shape index (κ2) is 6.54. The van der Waals surface area contributed by atoms with Crippen LogP contribution in [0.2, 0.25) is 0 Å². The number of aromatic nitrogens is 1. The fraction of sp³-hybridized carbons (Fsp3) is 0.524. The van der Waals surface area contributed by atoms with E-state index in [0.717, 1.165) is 41.4 Å². The highest BCUT2D eigenvalue weighted by Crippen LogP contribution is 2.40. The summed E-state index contributed by atoms with van der Waals surface area (Å²) in [5.41, 5.74) is 2.85. The van der Waals surface area contributed by atoms with Gasteiger partial charge < -0.3 is 9.88 Å². The van der Waals surface area contributed by atoms with Crippen LogP contribution in [0.3, 0.4) is 0 Å². The average molecular weight is 353 g/mol. The molecule has 4 rings (SSSR count). The van der Waals surface area contributed by atoms with Gasteiger partial charge in [0.15, 0.2) is 0 Å². The summed E-state index contributed by atoms with van der Waals surface area (Å²) in [6.45, 7) is 3.55. The van der Waals surface area contributed by atoms with Crippen molar-refractivity contribution < 1.29 is 4.79 Å². The molecule has 1 aromatic carbocycles. The lowest BCUT2D eigenvalue weighted by atomic mass is 9.88. The van der Waals surface area contributed by atoms with Crippen LogP contribution in [0.4, 0.5) is 0 Å². The van der Waals surface area contributed by atoms with Crippen LogP contribution in [0.1, 0.15) is 30.4 Å². The van der Waals surface area contributed by atoms with E-state index in [4.69, 9.17) is 0 Å². The minimum Gasteiger partial charge on any atom is -0.345 e. The smallest absolute Gasteiger partial charge is 0.252 e. The van der Waals surface area contributed by atoms with Crippen LogP contribution in [0.25, 0.3) is 10.9 Å².